The highest BCUT2D eigenvalue weighted by molar-refractivity contribution is 7.25. The predicted molar refractivity (Wildman–Crippen MR) is 180 cm³/mol. The van der Waals surface area contributed by atoms with Crippen LogP contribution in [0.2, 0.25) is 0 Å². The van der Waals surface area contributed by atoms with E-state index in [9.17, 15) is 0 Å². The van der Waals surface area contributed by atoms with E-state index in [4.69, 9.17) is 15.0 Å². The monoisotopic (exact) mass is 567 g/mol. The van der Waals surface area contributed by atoms with Gasteiger partial charge >= 0.3 is 0 Å². The summed E-state index contributed by atoms with van der Waals surface area (Å²) in [7, 11) is 0. The highest BCUT2D eigenvalue weighted by atomic mass is 32.1. The van der Waals surface area contributed by atoms with Crippen molar-refractivity contribution in [2.75, 3.05) is 0 Å². The molecule has 3 nitrogen and oxygen atoms in total. The normalized spacial score (nSPS) is 11.3. The smallest absolute Gasteiger partial charge is 0.161 e. The highest BCUT2D eigenvalue weighted by Crippen LogP contribution is 2.40. The first kappa shape index (κ1) is 25.3. The highest BCUT2D eigenvalue weighted by Gasteiger charge is 2.17. The third-order valence-corrected chi connectivity index (χ3v) is 8.77. The maximum Gasteiger partial charge on any atom is 0.161 e. The van der Waals surface area contributed by atoms with Crippen molar-refractivity contribution in [2.45, 2.75) is 0 Å². The Labute approximate surface area is 253 Å². The number of rotatable bonds is 5. The average molecular weight is 568 g/mol. The molecular formula is C39H25N3S. The Balaban J connectivity index is 1.34. The molecule has 5 aromatic carbocycles. The van der Waals surface area contributed by atoms with Gasteiger partial charge in [-0.2, -0.15) is 0 Å². The minimum absolute atomic E-state index is 0.732. The number of aromatic nitrogens is 3. The third-order valence-electron chi connectivity index (χ3n) is 7.70. The van der Waals surface area contributed by atoms with Crippen LogP contribution >= 0.6 is 11.3 Å². The summed E-state index contributed by atoms with van der Waals surface area (Å²) >= 11 is 1.72. The minimum atomic E-state index is 0.732. The SMILES string of the molecule is c1ccc(-c2cc(-c3ccccc3)nc(-c3cccc(-c4nc(-c5ccccc5)nc5sc6ccccc6c45)c3)c2)cc1. The molecule has 3 aromatic heterocycles. The van der Waals surface area contributed by atoms with E-state index in [0.717, 1.165) is 66.5 Å². The van der Waals surface area contributed by atoms with Gasteiger partial charge in [-0.3, -0.25) is 0 Å². The number of fused-ring (bicyclic) bond motifs is 3. The zero-order valence-corrected chi connectivity index (χ0v) is 24.0. The van der Waals surface area contributed by atoms with E-state index in [2.05, 4.69) is 121 Å². The summed E-state index contributed by atoms with van der Waals surface area (Å²) in [5.41, 5.74) is 9.28. The van der Waals surface area contributed by atoms with Gasteiger partial charge in [0.05, 0.1) is 17.1 Å². The quantitative estimate of drug-likeness (QED) is 0.208. The van der Waals surface area contributed by atoms with Gasteiger partial charge in [0.15, 0.2) is 5.82 Å². The molecule has 0 aliphatic carbocycles. The molecule has 0 amide bonds. The number of pyridine rings is 1. The van der Waals surface area contributed by atoms with Crippen LogP contribution in [0.3, 0.4) is 0 Å². The van der Waals surface area contributed by atoms with Crippen LogP contribution < -0.4 is 0 Å². The van der Waals surface area contributed by atoms with Crippen molar-refractivity contribution in [3.63, 3.8) is 0 Å². The number of thiophene rings is 1. The van der Waals surface area contributed by atoms with Crippen LogP contribution in [0.25, 0.3) is 76.6 Å². The van der Waals surface area contributed by atoms with Crippen LogP contribution in [0, 0.1) is 0 Å². The number of hydrogen-bond acceptors (Lipinski definition) is 4. The van der Waals surface area contributed by atoms with Crippen molar-refractivity contribution >= 4 is 31.6 Å². The molecular weight excluding hydrogens is 543 g/mol. The fourth-order valence-corrected chi connectivity index (χ4v) is 6.68. The van der Waals surface area contributed by atoms with Crippen LogP contribution in [0.1, 0.15) is 0 Å². The maximum absolute atomic E-state index is 5.20. The molecule has 0 aliphatic heterocycles. The summed E-state index contributed by atoms with van der Waals surface area (Å²) in [6.45, 7) is 0. The van der Waals surface area contributed by atoms with Crippen molar-refractivity contribution in [1.82, 2.24) is 15.0 Å². The number of nitrogens with zero attached hydrogens (tertiary/aromatic N) is 3. The first-order chi connectivity index (χ1) is 21.3. The van der Waals surface area contributed by atoms with Crippen molar-refractivity contribution < 1.29 is 0 Å². The molecule has 0 unspecified atom stereocenters. The van der Waals surface area contributed by atoms with Crippen LogP contribution in [-0.4, -0.2) is 15.0 Å². The summed E-state index contributed by atoms with van der Waals surface area (Å²) in [6, 6.07) is 52.6. The summed E-state index contributed by atoms with van der Waals surface area (Å²) in [5, 5.41) is 2.27. The Hall–Kier alpha value is -5.45. The summed E-state index contributed by atoms with van der Waals surface area (Å²) < 4.78 is 1.21. The van der Waals surface area contributed by atoms with Gasteiger partial charge in [0.2, 0.25) is 0 Å². The molecule has 0 radical (unpaired) electrons. The van der Waals surface area contributed by atoms with Crippen molar-refractivity contribution in [3.8, 4) is 56.3 Å². The summed E-state index contributed by atoms with van der Waals surface area (Å²) in [4.78, 5) is 16.4. The van der Waals surface area contributed by atoms with Gasteiger partial charge in [-0.25, -0.2) is 15.0 Å². The van der Waals surface area contributed by atoms with E-state index >= 15 is 0 Å². The second-order valence-corrected chi connectivity index (χ2v) is 11.5. The van der Waals surface area contributed by atoms with Crippen molar-refractivity contribution in [2.24, 2.45) is 0 Å². The molecule has 0 aliphatic rings. The molecule has 0 saturated carbocycles. The first-order valence-corrected chi connectivity index (χ1v) is 15.1. The van der Waals surface area contributed by atoms with Crippen LogP contribution in [0.15, 0.2) is 152 Å². The van der Waals surface area contributed by atoms with Gasteiger partial charge in [-0.05, 0) is 35.4 Å². The van der Waals surface area contributed by atoms with Gasteiger partial charge in [0.25, 0.3) is 0 Å². The number of benzene rings is 5. The molecule has 8 aromatic rings. The fourth-order valence-electron chi connectivity index (χ4n) is 5.61. The topological polar surface area (TPSA) is 38.7 Å². The zero-order chi connectivity index (χ0) is 28.6. The third kappa shape index (κ3) is 4.78. The largest absolute Gasteiger partial charge is 0.248 e. The summed E-state index contributed by atoms with van der Waals surface area (Å²) in [5.74, 6) is 0.732. The Morgan fingerprint density at radius 1 is 0.395 bits per heavy atom. The molecule has 8 rings (SSSR count). The molecule has 202 valence electrons. The molecule has 0 fully saturated rings. The van der Waals surface area contributed by atoms with Crippen LogP contribution in [-0.2, 0) is 0 Å². The molecule has 0 atom stereocenters. The fraction of sp³-hybridized carbons (Fsp3) is 0. The second-order valence-electron chi connectivity index (χ2n) is 10.5. The Morgan fingerprint density at radius 3 is 1.72 bits per heavy atom. The predicted octanol–water partition coefficient (Wildman–Crippen LogP) is 10.6. The molecule has 0 spiro atoms. The van der Waals surface area contributed by atoms with Gasteiger partial charge in [-0.15, -0.1) is 11.3 Å². The zero-order valence-electron chi connectivity index (χ0n) is 23.2. The molecule has 0 bridgehead atoms. The Morgan fingerprint density at radius 2 is 0.977 bits per heavy atom. The van der Waals surface area contributed by atoms with Gasteiger partial charge < -0.3 is 0 Å². The van der Waals surface area contributed by atoms with Crippen molar-refractivity contribution in [1.29, 1.82) is 0 Å². The maximum atomic E-state index is 5.20. The van der Waals surface area contributed by atoms with E-state index in [1.807, 2.05) is 30.3 Å². The van der Waals surface area contributed by atoms with E-state index in [1.165, 1.54) is 10.1 Å². The molecule has 0 saturated heterocycles. The van der Waals surface area contributed by atoms with Crippen molar-refractivity contribution in [3.05, 3.63) is 152 Å². The Bertz CT molecular complexity index is 2170. The van der Waals surface area contributed by atoms with Crippen LogP contribution in [0.4, 0.5) is 0 Å². The van der Waals surface area contributed by atoms with E-state index < -0.39 is 0 Å². The average Bonchev–Trinajstić information content (AvgIpc) is 3.47. The minimum Gasteiger partial charge on any atom is -0.248 e. The van der Waals surface area contributed by atoms with E-state index in [1.54, 1.807) is 11.3 Å². The lowest BCUT2D eigenvalue weighted by atomic mass is 9.98. The molecule has 3 heterocycles. The lowest BCUT2D eigenvalue weighted by molar-refractivity contribution is 1.24. The standard InChI is InChI=1S/C39H25N3S/c1-4-13-26(14-5-1)31-24-33(27-15-6-2-7-16-27)40-34(25-31)29-19-12-20-30(23-29)37-36-32-21-10-11-22-35(32)43-39(36)42-38(41-37)28-17-8-3-9-18-28/h1-25H. The summed E-state index contributed by atoms with van der Waals surface area (Å²) in [6.07, 6.45) is 0. The van der Waals surface area contributed by atoms with Gasteiger partial charge in [-0.1, -0.05) is 127 Å². The van der Waals surface area contributed by atoms with E-state index in [-0.39, 0.29) is 0 Å². The first-order valence-electron chi connectivity index (χ1n) is 14.3. The van der Waals surface area contributed by atoms with E-state index in [0.29, 0.717) is 0 Å². The Kier molecular flexibility index (Phi) is 6.32. The lowest BCUT2D eigenvalue weighted by Crippen LogP contribution is -1.95. The molecule has 4 heteroatoms. The second kappa shape index (κ2) is 10.8. The lowest BCUT2D eigenvalue weighted by Gasteiger charge is -2.12. The van der Waals surface area contributed by atoms with Gasteiger partial charge in [0.1, 0.15) is 4.83 Å². The van der Waals surface area contributed by atoms with Gasteiger partial charge in [0, 0.05) is 37.7 Å². The number of hydrogen-bond donors (Lipinski definition) is 0. The van der Waals surface area contributed by atoms with Crippen LogP contribution in [0.5, 0.6) is 0 Å². The molecule has 43 heavy (non-hydrogen) atoms. The molecule has 0 N–H and O–H groups in total.